The van der Waals surface area contributed by atoms with Gasteiger partial charge in [0, 0.05) is 56.5 Å². The number of methoxy groups -OCH3 is 1. The second kappa shape index (κ2) is 11.7. The highest BCUT2D eigenvalue weighted by Crippen LogP contribution is 2.34. The largest absolute Gasteiger partial charge is 0.494 e. The Morgan fingerprint density at radius 2 is 1.93 bits per heavy atom. The zero-order valence-electron chi connectivity index (χ0n) is 24.5. The molecule has 1 aliphatic carbocycles. The molecule has 41 heavy (non-hydrogen) atoms. The fraction of sp³-hybridized carbons (Fsp3) is 0.600. The summed E-state index contributed by atoms with van der Waals surface area (Å²) in [5.41, 5.74) is 3.26. The summed E-state index contributed by atoms with van der Waals surface area (Å²) in [4.78, 5) is 33.5. The summed E-state index contributed by atoms with van der Waals surface area (Å²) in [6.45, 7) is 7.82. The third-order valence-electron chi connectivity index (χ3n) is 8.71. The molecule has 11 heteroatoms. The number of imidazole rings is 1. The number of hydrogen-bond acceptors (Lipinski definition) is 8. The lowest BCUT2D eigenvalue weighted by Crippen LogP contribution is -2.52. The molecule has 1 saturated carbocycles. The number of piperazine rings is 1. The molecule has 0 radical (unpaired) electrons. The normalized spacial score (nSPS) is 21.6. The molecule has 220 valence electrons. The lowest BCUT2D eigenvalue weighted by Gasteiger charge is -2.40. The van der Waals surface area contributed by atoms with Crippen LogP contribution in [0, 0.1) is 5.92 Å². The van der Waals surface area contributed by atoms with Crippen molar-refractivity contribution >= 4 is 40.2 Å². The molecular formula is C30H43N8O3+. The SMILES string of the molecule is COc1cc(N2CCN(C(=O)C3CCOC(C)(C)C3)CC2)ccc1Nc1nc(NC2CCCCC2)c2[nH]c[nH+]c2n1. The zero-order chi connectivity index (χ0) is 28.4. The van der Waals surface area contributed by atoms with Crippen molar-refractivity contribution < 1.29 is 19.3 Å². The number of benzene rings is 1. The molecule has 11 nitrogen and oxygen atoms in total. The number of fused-ring (bicyclic) bond motifs is 1. The van der Waals surface area contributed by atoms with Crippen molar-refractivity contribution in [1.29, 1.82) is 0 Å². The summed E-state index contributed by atoms with van der Waals surface area (Å²) in [6, 6.07) is 6.57. The number of hydrogen-bond donors (Lipinski definition) is 3. The van der Waals surface area contributed by atoms with Crippen molar-refractivity contribution in [3.05, 3.63) is 24.5 Å². The van der Waals surface area contributed by atoms with Crippen LogP contribution in [0.4, 0.5) is 23.1 Å². The van der Waals surface area contributed by atoms with Gasteiger partial charge in [-0.15, -0.1) is 0 Å². The van der Waals surface area contributed by atoms with Crippen LogP contribution in [0.2, 0.25) is 0 Å². The first-order valence-electron chi connectivity index (χ1n) is 15.0. The van der Waals surface area contributed by atoms with Crippen LogP contribution < -0.4 is 25.3 Å². The summed E-state index contributed by atoms with van der Waals surface area (Å²) in [6.07, 6.45) is 9.49. The number of aromatic amines is 2. The predicted octanol–water partition coefficient (Wildman–Crippen LogP) is 4.12. The van der Waals surface area contributed by atoms with Crippen LogP contribution in [-0.4, -0.2) is 77.3 Å². The third-order valence-corrected chi connectivity index (χ3v) is 8.71. The smallest absolute Gasteiger partial charge is 0.307 e. The van der Waals surface area contributed by atoms with Gasteiger partial charge >= 0.3 is 11.6 Å². The molecule has 1 unspecified atom stereocenters. The number of amides is 1. The van der Waals surface area contributed by atoms with E-state index in [1.165, 1.54) is 19.3 Å². The molecule has 3 aromatic rings. The van der Waals surface area contributed by atoms with Crippen LogP contribution in [0.25, 0.3) is 11.2 Å². The number of H-pyrrole nitrogens is 2. The first kappa shape index (κ1) is 27.6. The number of ether oxygens (including phenoxy) is 2. The van der Waals surface area contributed by atoms with Crippen molar-refractivity contribution in [3.8, 4) is 5.75 Å². The van der Waals surface area contributed by atoms with Crippen LogP contribution in [0.1, 0.15) is 58.8 Å². The summed E-state index contributed by atoms with van der Waals surface area (Å²) >= 11 is 0. The minimum atomic E-state index is -0.225. The fourth-order valence-corrected chi connectivity index (χ4v) is 6.47. The van der Waals surface area contributed by atoms with Crippen LogP contribution in [0.5, 0.6) is 5.75 Å². The van der Waals surface area contributed by atoms with Gasteiger partial charge in [0.05, 0.1) is 18.4 Å². The minimum Gasteiger partial charge on any atom is -0.494 e. The highest BCUT2D eigenvalue weighted by Gasteiger charge is 2.36. The van der Waals surface area contributed by atoms with E-state index in [2.05, 4.69) is 50.4 Å². The number of carbonyl (C=O) groups excluding carboxylic acids is 1. The van der Waals surface area contributed by atoms with Crippen LogP contribution >= 0.6 is 0 Å². The van der Waals surface area contributed by atoms with E-state index in [1.54, 1.807) is 13.4 Å². The molecule has 2 saturated heterocycles. The Labute approximate surface area is 241 Å². The van der Waals surface area contributed by atoms with Gasteiger partial charge in [-0.1, -0.05) is 24.2 Å². The number of aromatic nitrogens is 4. The van der Waals surface area contributed by atoms with Crippen LogP contribution in [-0.2, 0) is 9.53 Å². The molecule has 1 amide bonds. The van der Waals surface area contributed by atoms with E-state index in [1.807, 2.05) is 17.0 Å². The summed E-state index contributed by atoms with van der Waals surface area (Å²) in [7, 11) is 1.68. The summed E-state index contributed by atoms with van der Waals surface area (Å²) in [5.74, 6) is 2.35. The monoisotopic (exact) mass is 563 g/mol. The van der Waals surface area contributed by atoms with Gasteiger partial charge < -0.3 is 29.9 Å². The number of nitrogens with one attached hydrogen (secondary N) is 4. The van der Waals surface area contributed by atoms with Crippen molar-refractivity contribution in [1.82, 2.24) is 19.9 Å². The Morgan fingerprint density at radius 3 is 2.68 bits per heavy atom. The second-order valence-electron chi connectivity index (χ2n) is 12.2. The van der Waals surface area contributed by atoms with Gasteiger partial charge in [-0.3, -0.25) is 9.78 Å². The number of anilines is 4. The van der Waals surface area contributed by atoms with Gasteiger partial charge in [-0.2, -0.15) is 4.98 Å². The Kier molecular flexibility index (Phi) is 7.88. The molecule has 4 N–H and O–H groups in total. The maximum atomic E-state index is 13.2. The Morgan fingerprint density at radius 1 is 1.12 bits per heavy atom. The molecular weight excluding hydrogens is 520 g/mol. The van der Waals surface area contributed by atoms with Gasteiger partial charge in [-0.25, -0.2) is 4.98 Å². The van der Waals surface area contributed by atoms with E-state index in [9.17, 15) is 4.79 Å². The average molecular weight is 564 g/mol. The highest BCUT2D eigenvalue weighted by atomic mass is 16.5. The molecule has 6 rings (SSSR count). The summed E-state index contributed by atoms with van der Waals surface area (Å²) in [5, 5.41) is 7.01. The van der Waals surface area contributed by atoms with Gasteiger partial charge in [0.2, 0.25) is 11.4 Å². The molecule has 3 aliphatic rings. The molecule has 2 aliphatic heterocycles. The lowest BCUT2D eigenvalue weighted by molar-refractivity contribution is -0.347. The molecule has 3 fully saturated rings. The standard InChI is InChI=1S/C30H42N8O3/c1-30(2)18-20(11-16-41-30)28(39)38-14-12-37(13-15-38)22-9-10-23(24(17-22)40-3)34-29-35-26-25(31-19-32-26)27(36-29)33-21-7-5-4-6-8-21/h9-10,17,19-21H,4-8,11-16,18H2,1-3H3,(H3,31,32,33,34,35,36)/p+1. The quantitative estimate of drug-likeness (QED) is 0.393. The van der Waals surface area contributed by atoms with Gasteiger partial charge in [-0.05, 0) is 51.7 Å². The van der Waals surface area contributed by atoms with E-state index in [0.717, 1.165) is 80.2 Å². The van der Waals surface area contributed by atoms with E-state index in [4.69, 9.17) is 14.5 Å². The van der Waals surface area contributed by atoms with E-state index in [0.29, 0.717) is 24.3 Å². The van der Waals surface area contributed by atoms with E-state index >= 15 is 0 Å². The Balaban J connectivity index is 1.12. The van der Waals surface area contributed by atoms with Crippen molar-refractivity contribution in [2.75, 3.05) is 55.4 Å². The molecule has 1 atom stereocenters. The van der Waals surface area contributed by atoms with Crippen LogP contribution in [0.3, 0.4) is 0 Å². The summed E-state index contributed by atoms with van der Waals surface area (Å²) < 4.78 is 11.6. The average Bonchev–Trinajstić information content (AvgIpc) is 3.46. The van der Waals surface area contributed by atoms with Gasteiger partial charge in [0.15, 0.2) is 12.1 Å². The van der Waals surface area contributed by atoms with E-state index < -0.39 is 0 Å². The first-order chi connectivity index (χ1) is 19.9. The predicted molar refractivity (Wildman–Crippen MR) is 159 cm³/mol. The Hall–Kier alpha value is -3.60. The molecule has 0 spiro atoms. The van der Waals surface area contributed by atoms with Crippen molar-refractivity contribution in [3.63, 3.8) is 0 Å². The van der Waals surface area contributed by atoms with E-state index in [-0.39, 0.29) is 17.4 Å². The van der Waals surface area contributed by atoms with Crippen molar-refractivity contribution in [2.45, 2.75) is 70.4 Å². The molecule has 4 heterocycles. The number of carbonyl (C=O) groups is 1. The minimum absolute atomic E-state index is 0.0550. The van der Waals surface area contributed by atoms with Crippen molar-refractivity contribution in [2.24, 2.45) is 5.92 Å². The van der Waals surface area contributed by atoms with Crippen LogP contribution in [0.15, 0.2) is 24.5 Å². The Bertz CT molecular complexity index is 1360. The number of nitrogens with zero attached hydrogens (tertiary/aromatic N) is 4. The topological polar surface area (TPSA) is 122 Å². The van der Waals surface area contributed by atoms with Gasteiger partial charge in [0.25, 0.3) is 0 Å². The molecule has 0 bridgehead atoms. The molecule has 1 aromatic carbocycles. The third kappa shape index (κ3) is 6.19. The second-order valence-corrected chi connectivity index (χ2v) is 12.2. The zero-order valence-corrected chi connectivity index (χ0v) is 24.5. The number of rotatable bonds is 7. The maximum Gasteiger partial charge on any atom is 0.307 e. The maximum absolute atomic E-state index is 13.2. The van der Waals surface area contributed by atoms with Gasteiger partial charge in [0.1, 0.15) is 5.75 Å². The highest BCUT2D eigenvalue weighted by molar-refractivity contribution is 5.82. The lowest BCUT2D eigenvalue weighted by atomic mass is 9.87. The first-order valence-corrected chi connectivity index (χ1v) is 15.0. The molecule has 2 aromatic heterocycles. The fourth-order valence-electron chi connectivity index (χ4n) is 6.47.